The number of halogens is 1. The lowest BCUT2D eigenvalue weighted by Gasteiger charge is -2.34. The van der Waals surface area contributed by atoms with Crippen LogP contribution in [0.3, 0.4) is 0 Å². The van der Waals surface area contributed by atoms with Gasteiger partial charge in [-0.15, -0.1) is 0 Å². The Morgan fingerprint density at radius 1 is 1.43 bits per heavy atom. The summed E-state index contributed by atoms with van der Waals surface area (Å²) in [7, 11) is 0. The number of rotatable bonds is 6. The Balaban J connectivity index is 2.13. The molecule has 0 saturated carbocycles. The molecule has 0 amide bonds. The lowest BCUT2D eigenvalue weighted by Crippen LogP contribution is -2.41. The fourth-order valence-corrected chi connectivity index (χ4v) is 2.78. The summed E-state index contributed by atoms with van der Waals surface area (Å²) in [5.41, 5.74) is 0. The third kappa shape index (κ3) is 4.28. The number of alkyl halides is 1. The van der Waals surface area contributed by atoms with E-state index in [9.17, 15) is 0 Å². The molecule has 1 atom stereocenters. The minimum atomic E-state index is 0.769. The summed E-state index contributed by atoms with van der Waals surface area (Å²) in [5.74, 6) is 0. The number of piperidine rings is 1. The normalized spacial score (nSPS) is 24.0. The fraction of sp³-hybridized carbons (Fsp3) is 1.00. The van der Waals surface area contributed by atoms with E-state index in [1.165, 1.54) is 38.8 Å². The van der Waals surface area contributed by atoms with E-state index in [2.05, 4.69) is 27.8 Å². The van der Waals surface area contributed by atoms with Crippen molar-refractivity contribution in [2.45, 2.75) is 38.6 Å². The Hall–Kier alpha value is 0.400. The lowest BCUT2D eigenvalue weighted by atomic mass is 10.0. The number of hydrogen-bond donors (Lipinski definition) is 0. The molecule has 84 valence electrons. The summed E-state index contributed by atoms with van der Waals surface area (Å²) in [6.07, 6.45) is 5.31. The second-order valence-corrected chi connectivity index (χ2v) is 4.54. The molecular weight excluding hydrogens is 242 g/mol. The summed E-state index contributed by atoms with van der Waals surface area (Å²) < 4.78 is 5.36. The third-order valence-corrected chi connectivity index (χ3v) is 3.61. The molecule has 3 heteroatoms. The van der Waals surface area contributed by atoms with Crippen LogP contribution in [0.15, 0.2) is 0 Å². The van der Waals surface area contributed by atoms with E-state index in [0.717, 1.165) is 24.6 Å². The molecule has 1 saturated heterocycles. The van der Waals surface area contributed by atoms with Gasteiger partial charge in [-0.3, -0.25) is 4.90 Å². The Kier molecular flexibility index (Phi) is 6.82. The smallest absolute Gasteiger partial charge is 0.0478 e. The van der Waals surface area contributed by atoms with E-state index >= 15 is 0 Å². The second-order valence-electron chi connectivity index (χ2n) is 3.89. The second kappa shape index (κ2) is 7.66. The largest absolute Gasteiger partial charge is 0.382 e. The number of nitrogens with zero attached hydrogens (tertiary/aromatic N) is 1. The van der Waals surface area contributed by atoms with Crippen LogP contribution < -0.4 is 0 Å². The SMILES string of the molecule is CCOCCCN1CCCCC1CBr. The fourth-order valence-electron chi connectivity index (χ4n) is 2.04. The standard InChI is InChI=1S/C11H22BrNO/c1-2-14-9-5-8-13-7-4-3-6-11(13)10-12/h11H,2-10H2,1H3. The molecular formula is C11H22BrNO. The van der Waals surface area contributed by atoms with Gasteiger partial charge in [0, 0.05) is 31.1 Å². The van der Waals surface area contributed by atoms with Gasteiger partial charge in [-0.2, -0.15) is 0 Å². The van der Waals surface area contributed by atoms with Gasteiger partial charge < -0.3 is 4.74 Å². The van der Waals surface area contributed by atoms with Crippen LogP contribution in [0.4, 0.5) is 0 Å². The Labute approximate surface area is 96.1 Å². The highest BCUT2D eigenvalue weighted by Gasteiger charge is 2.20. The maximum Gasteiger partial charge on any atom is 0.0478 e. The molecule has 1 rings (SSSR count). The quantitative estimate of drug-likeness (QED) is 0.540. The van der Waals surface area contributed by atoms with Crippen LogP contribution in [-0.4, -0.2) is 42.6 Å². The highest BCUT2D eigenvalue weighted by atomic mass is 79.9. The van der Waals surface area contributed by atoms with Gasteiger partial charge in [0.05, 0.1) is 0 Å². The highest BCUT2D eigenvalue weighted by molar-refractivity contribution is 9.09. The molecule has 0 aromatic heterocycles. The molecule has 0 spiro atoms. The maximum absolute atomic E-state index is 5.36. The number of ether oxygens (including phenoxy) is 1. The Morgan fingerprint density at radius 2 is 2.29 bits per heavy atom. The third-order valence-electron chi connectivity index (χ3n) is 2.87. The van der Waals surface area contributed by atoms with Crippen molar-refractivity contribution in [1.82, 2.24) is 4.90 Å². The van der Waals surface area contributed by atoms with E-state index in [1.807, 2.05) is 0 Å². The van der Waals surface area contributed by atoms with Crippen LogP contribution in [0.5, 0.6) is 0 Å². The molecule has 14 heavy (non-hydrogen) atoms. The molecule has 0 bridgehead atoms. The van der Waals surface area contributed by atoms with Crippen LogP contribution in [0.2, 0.25) is 0 Å². The van der Waals surface area contributed by atoms with E-state index < -0.39 is 0 Å². The van der Waals surface area contributed by atoms with Gasteiger partial charge in [-0.25, -0.2) is 0 Å². The van der Waals surface area contributed by atoms with Crippen molar-refractivity contribution in [3.05, 3.63) is 0 Å². The molecule has 1 aliphatic heterocycles. The molecule has 0 aliphatic carbocycles. The molecule has 1 aliphatic rings. The first-order valence-corrected chi connectivity index (χ1v) is 6.88. The van der Waals surface area contributed by atoms with Crippen molar-refractivity contribution in [2.75, 3.05) is 31.6 Å². The Bertz CT molecular complexity index is 143. The summed E-state index contributed by atoms with van der Waals surface area (Å²) in [5, 5.41) is 1.13. The monoisotopic (exact) mass is 263 g/mol. The Morgan fingerprint density at radius 3 is 3.00 bits per heavy atom. The molecule has 1 heterocycles. The van der Waals surface area contributed by atoms with Crippen molar-refractivity contribution in [3.63, 3.8) is 0 Å². The molecule has 0 N–H and O–H groups in total. The van der Waals surface area contributed by atoms with E-state index in [-0.39, 0.29) is 0 Å². The molecule has 0 radical (unpaired) electrons. The van der Waals surface area contributed by atoms with Gasteiger partial charge >= 0.3 is 0 Å². The summed E-state index contributed by atoms with van der Waals surface area (Å²) in [4.78, 5) is 2.61. The first kappa shape index (κ1) is 12.5. The van der Waals surface area contributed by atoms with Crippen molar-refractivity contribution in [2.24, 2.45) is 0 Å². The van der Waals surface area contributed by atoms with Gasteiger partial charge in [0.25, 0.3) is 0 Å². The lowest BCUT2D eigenvalue weighted by molar-refractivity contribution is 0.112. The molecule has 1 unspecified atom stereocenters. The van der Waals surface area contributed by atoms with E-state index in [4.69, 9.17) is 4.74 Å². The molecule has 2 nitrogen and oxygen atoms in total. The predicted molar refractivity (Wildman–Crippen MR) is 64.1 cm³/mol. The zero-order chi connectivity index (χ0) is 10.2. The first-order chi connectivity index (χ1) is 6.88. The zero-order valence-electron chi connectivity index (χ0n) is 9.17. The van der Waals surface area contributed by atoms with Crippen LogP contribution in [0.25, 0.3) is 0 Å². The van der Waals surface area contributed by atoms with Gasteiger partial charge in [0.1, 0.15) is 0 Å². The van der Waals surface area contributed by atoms with Gasteiger partial charge in [-0.05, 0) is 32.7 Å². The molecule has 0 aromatic rings. The number of hydrogen-bond acceptors (Lipinski definition) is 2. The van der Waals surface area contributed by atoms with Crippen LogP contribution in [0.1, 0.15) is 32.6 Å². The van der Waals surface area contributed by atoms with Gasteiger partial charge in [0.2, 0.25) is 0 Å². The highest BCUT2D eigenvalue weighted by Crippen LogP contribution is 2.18. The van der Waals surface area contributed by atoms with Crippen molar-refractivity contribution in [3.8, 4) is 0 Å². The molecule has 0 aromatic carbocycles. The minimum absolute atomic E-state index is 0.769. The van der Waals surface area contributed by atoms with Crippen LogP contribution in [0, 0.1) is 0 Å². The van der Waals surface area contributed by atoms with Crippen molar-refractivity contribution < 1.29 is 4.74 Å². The first-order valence-electron chi connectivity index (χ1n) is 5.76. The van der Waals surface area contributed by atoms with E-state index in [0.29, 0.717) is 0 Å². The van der Waals surface area contributed by atoms with Gasteiger partial charge in [0.15, 0.2) is 0 Å². The van der Waals surface area contributed by atoms with Crippen molar-refractivity contribution >= 4 is 15.9 Å². The van der Waals surface area contributed by atoms with Gasteiger partial charge in [-0.1, -0.05) is 22.4 Å². The van der Waals surface area contributed by atoms with Crippen LogP contribution in [-0.2, 0) is 4.74 Å². The maximum atomic E-state index is 5.36. The summed E-state index contributed by atoms with van der Waals surface area (Å²) >= 11 is 3.60. The van der Waals surface area contributed by atoms with Crippen molar-refractivity contribution in [1.29, 1.82) is 0 Å². The average Bonchev–Trinajstić information content (AvgIpc) is 2.25. The zero-order valence-corrected chi connectivity index (χ0v) is 10.8. The summed E-state index contributed by atoms with van der Waals surface area (Å²) in [6.45, 7) is 6.31. The predicted octanol–water partition coefficient (Wildman–Crippen LogP) is 2.66. The summed E-state index contributed by atoms with van der Waals surface area (Å²) in [6, 6.07) is 0.769. The topological polar surface area (TPSA) is 12.5 Å². The number of likely N-dealkylation sites (tertiary alicyclic amines) is 1. The van der Waals surface area contributed by atoms with Crippen LogP contribution >= 0.6 is 15.9 Å². The molecule has 1 fully saturated rings. The minimum Gasteiger partial charge on any atom is -0.382 e. The van der Waals surface area contributed by atoms with E-state index in [1.54, 1.807) is 0 Å². The average molecular weight is 264 g/mol.